The number of piperazine rings is 1. The quantitative estimate of drug-likeness (QED) is 0.819. The fourth-order valence-electron chi connectivity index (χ4n) is 4.00. The van der Waals surface area contributed by atoms with Crippen LogP contribution in [-0.4, -0.2) is 60.9 Å². The van der Waals surface area contributed by atoms with Gasteiger partial charge in [-0.2, -0.15) is 0 Å². The first kappa shape index (κ1) is 18.0. The zero-order chi connectivity index (χ0) is 18.6. The summed E-state index contributed by atoms with van der Waals surface area (Å²) in [5.41, 5.74) is 1.22. The highest BCUT2D eigenvalue weighted by Crippen LogP contribution is 2.23. The Hall–Kier alpha value is -2.34. The first-order valence-corrected chi connectivity index (χ1v) is 10.5. The van der Waals surface area contributed by atoms with E-state index in [9.17, 15) is 9.59 Å². The largest absolute Gasteiger partial charge is 0.368 e. The van der Waals surface area contributed by atoms with Crippen LogP contribution in [0, 0.1) is 5.92 Å². The van der Waals surface area contributed by atoms with Gasteiger partial charge in [-0.15, -0.1) is 11.3 Å². The third-order valence-electron chi connectivity index (χ3n) is 5.50. The molecule has 142 valence electrons. The Balaban J connectivity index is 1.34. The average Bonchev–Trinajstić information content (AvgIpc) is 3.28. The minimum Gasteiger partial charge on any atom is -0.368 e. The smallest absolute Gasteiger partial charge is 0.263 e. The Kier molecular flexibility index (Phi) is 5.43. The van der Waals surface area contributed by atoms with Crippen LogP contribution in [0.2, 0.25) is 0 Å². The van der Waals surface area contributed by atoms with Crippen molar-refractivity contribution in [3.8, 4) is 0 Å². The van der Waals surface area contributed by atoms with Crippen molar-refractivity contribution in [3.63, 3.8) is 0 Å². The molecule has 6 heteroatoms. The van der Waals surface area contributed by atoms with E-state index in [0.29, 0.717) is 6.54 Å². The van der Waals surface area contributed by atoms with Crippen LogP contribution in [-0.2, 0) is 4.79 Å². The van der Waals surface area contributed by atoms with Gasteiger partial charge >= 0.3 is 0 Å². The lowest BCUT2D eigenvalue weighted by Crippen LogP contribution is -2.53. The highest BCUT2D eigenvalue weighted by molar-refractivity contribution is 7.12. The Morgan fingerprint density at radius 3 is 2.37 bits per heavy atom. The first-order valence-electron chi connectivity index (χ1n) is 9.64. The molecule has 0 spiro atoms. The van der Waals surface area contributed by atoms with Gasteiger partial charge in [-0.05, 0) is 36.4 Å². The highest BCUT2D eigenvalue weighted by atomic mass is 32.1. The van der Waals surface area contributed by atoms with Gasteiger partial charge in [0.25, 0.3) is 5.91 Å². The van der Waals surface area contributed by atoms with E-state index in [1.54, 1.807) is 0 Å². The lowest BCUT2D eigenvalue weighted by molar-refractivity contribution is -0.137. The van der Waals surface area contributed by atoms with E-state index in [1.165, 1.54) is 17.0 Å². The van der Waals surface area contributed by atoms with Crippen molar-refractivity contribution >= 4 is 28.8 Å². The van der Waals surface area contributed by atoms with E-state index in [4.69, 9.17) is 0 Å². The lowest BCUT2D eigenvalue weighted by Gasteiger charge is -2.39. The standard InChI is InChI=1S/C21H25N3O2S/c25-20(23-13-11-22(12-14-23)18-7-2-1-3-8-18)17-6-4-10-24(16-17)21(26)19-9-5-15-27-19/h1-3,5,7-9,15,17H,4,6,10-14,16H2/t17-/m1/s1. The number of hydrogen-bond acceptors (Lipinski definition) is 4. The van der Waals surface area contributed by atoms with Crippen molar-refractivity contribution in [1.82, 2.24) is 9.80 Å². The van der Waals surface area contributed by atoms with Crippen LogP contribution in [0.5, 0.6) is 0 Å². The molecule has 2 aromatic rings. The Labute approximate surface area is 164 Å². The van der Waals surface area contributed by atoms with Crippen LogP contribution in [0.4, 0.5) is 5.69 Å². The second-order valence-corrected chi connectivity index (χ2v) is 8.16. The highest BCUT2D eigenvalue weighted by Gasteiger charge is 2.33. The van der Waals surface area contributed by atoms with Gasteiger partial charge < -0.3 is 14.7 Å². The maximum atomic E-state index is 13.0. The molecule has 0 radical (unpaired) electrons. The number of carbonyl (C=O) groups excluding carboxylic acids is 2. The molecule has 2 fully saturated rings. The molecule has 0 bridgehead atoms. The van der Waals surface area contributed by atoms with Crippen molar-refractivity contribution in [2.75, 3.05) is 44.2 Å². The number of anilines is 1. The molecule has 3 heterocycles. The molecule has 0 saturated carbocycles. The van der Waals surface area contributed by atoms with Gasteiger partial charge in [-0.3, -0.25) is 9.59 Å². The van der Waals surface area contributed by atoms with Crippen molar-refractivity contribution < 1.29 is 9.59 Å². The number of carbonyl (C=O) groups is 2. The van der Waals surface area contributed by atoms with Gasteiger partial charge in [0.15, 0.2) is 0 Å². The molecular weight excluding hydrogens is 358 g/mol. The van der Waals surface area contributed by atoms with Crippen LogP contribution in [0.3, 0.4) is 0 Å². The Morgan fingerprint density at radius 2 is 1.67 bits per heavy atom. The monoisotopic (exact) mass is 383 g/mol. The van der Waals surface area contributed by atoms with Crippen LogP contribution in [0.1, 0.15) is 22.5 Å². The number of para-hydroxylation sites is 1. The first-order chi connectivity index (χ1) is 13.2. The minimum atomic E-state index is -0.0639. The predicted molar refractivity (Wildman–Crippen MR) is 108 cm³/mol. The topological polar surface area (TPSA) is 43.9 Å². The summed E-state index contributed by atoms with van der Waals surface area (Å²) < 4.78 is 0. The molecule has 2 saturated heterocycles. The van der Waals surface area contributed by atoms with Gasteiger partial charge in [0.05, 0.1) is 10.8 Å². The molecular formula is C21H25N3O2S. The van der Waals surface area contributed by atoms with Crippen molar-refractivity contribution in [2.24, 2.45) is 5.92 Å². The maximum Gasteiger partial charge on any atom is 0.263 e. The maximum absolute atomic E-state index is 13.0. The van der Waals surface area contributed by atoms with Crippen LogP contribution < -0.4 is 4.90 Å². The molecule has 4 rings (SSSR count). The Morgan fingerprint density at radius 1 is 0.889 bits per heavy atom. The normalized spacial score (nSPS) is 20.6. The molecule has 0 aliphatic carbocycles. The number of thiophene rings is 1. The van der Waals surface area contributed by atoms with Gasteiger partial charge in [0.1, 0.15) is 0 Å². The second-order valence-electron chi connectivity index (χ2n) is 7.22. The number of amides is 2. The van der Waals surface area contributed by atoms with E-state index in [0.717, 1.165) is 50.4 Å². The number of benzene rings is 1. The van der Waals surface area contributed by atoms with E-state index >= 15 is 0 Å². The molecule has 2 aliphatic rings. The van der Waals surface area contributed by atoms with Gasteiger partial charge in [-0.1, -0.05) is 24.3 Å². The van der Waals surface area contributed by atoms with Crippen molar-refractivity contribution in [2.45, 2.75) is 12.8 Å². The second kappa shape index (κ2) is 8.13. The fourth-order valence-corrected chi connectivity index (χ4v) is 4.69. The van der Waals surface area contributed by atoms with Crippen molar-refractivity contribution in [3.05, 3.63) is 52.7 Å². The van der Waals surface area contributed by atoms with Gasteiger partial charge in [0, 0.05) is 45.0 Å². The number of piperidine rings is 1. The Bertz CT molecular complexity index is 770. The van der Waals surface area contributed by atoms with Gasteiger partial charge in [-0.25, -0.2) is 0 Å². The molecule has 1 atom stereocenters. The lowest BCUT2D eigenvalue weighted by atomic mass is 9.96. The summed E-state index contributed by atoms with van der Waals surface area (Å²) in [6.07, 6.45) is 1.78. The average molecular weight is 384 g/mol. The molecule has 2 amide bonds. The van der Waals surface area contributed by atoms with E-state index in [2.05, 4.69) is 17.0 Å². The summed E-state index contributed by atoms with van der Waals surface area (Å²) in [5, 5.41) is 1.92. The van der Waals surface area contributed by atoms with E-state index in [-0.39, 0.29) is 17.7 Å². The zero-order valence-corrected chi connectivity index (χ0v) is 16.2. The van der Waals surface area contributed by atoms with Gasteiger partial charge in [0.2, 0.25) is 5.91 Å². The molecule has 1 aromatic heterocycles. The summed E-state index contributed by atoms with van der Waals surface area (Å²) >= 11 is 1.47. The SMILES string of the molecule is O=C(c1cccs1)N1CCC[C@@H](C(=O)N2CCN(c3ccccc3)CC2)C1. The molecule has 0 N–H and O–H groups in total. The molecule has 1 aromatic carbocycles. The van der Waals surface area contributed by atoms with Crippen LogP contribution in [0.25, 0.3) is 0 Å². The number of rotatable bonds is 3. The summed E-state index contributed by atoms with van der Waals surface area (Å²) in [6.45, 7) is 4.53. The third kappa shape index (κ3) is 4.00. The number of likely N-dealkylation sites (tertiary alicyclic amines) is 1. The molecule has 27 heavy (non-hydrogen) atoms. The molecule has 2 aliphatic heterocycles. The molecule has 0 unspecified atom stereocenters. The van der Waals surface area contributed by atoms with Crippen LogP contribution in [0.15, 0.2) is 47.8 Å². The third-order valence-corrected chi connectivity index (χ3v) is 6.36. The predicted octanol–water partition coefficient (Wildman–Crippen LogP) is 2.95. The summed E-state index contributed by atoms with van der Waals surface area (Å²) in [6, 6.07) is 14.1. The zero-order valence-electron chi connectivity index (χ0n) is 15.4. The summed E-state index contributed by atoms with van der Waals surface area (Å²) in [4.78, 5) is 32.6. The molecule has 5 nitrogen and oxygen atoms in total. The van der Waals surface area contributed by atoms with Crippen molar-refractivity contribution in [1.29, 1.82) is 0 Å². The number of nitrogens with zero attached hydrogens (tertiary/aromatic N) is 3. The fraction of sp³-hybridized carbons (Fsp3) is 0.429. The minimum absolute atomic E-state index is 0.0639. The van der Waals surface area contributed by atoms with E-state index < -0.39 is 0 Å². The number of hydrogen-bond donors (Lipinski definition) is 0. The summed E-state index contributed by atoms with van der Waals surface area (Å²) in [5.74, 6) is 0.216. The summed E-state index contributed by atoms with van der Waals surface area (Å²) in [7, 11) is 0. The van der Waals surface area contributed by atoms with Crippen LogP contribution >= 0.6 is 11.3 Å². The van der Waals surface area contributed by atoms with E-state index in [1.807, 2.05) is 45.5 Å².